The molecule has 1 aliphatic rings. The van der Waals surface area contributed by atoms with Crippen molar-refractivity contribution in [2.45, 2.75) is 32.2 Å². The van der Waals surface area contributed by atoms with Crippen molar-refractivity contribution in [2.24, 2.45) is 0 Å². The van der Waals surface area contributed by atoms with Gasteiger partial charge in [-0.05, 0) is 25.8 Å². The highest BCUT2D eigenvalue weighted by atomic mass is 32.2. The van der Waals surface area contributed by atoms with Crippen LogP contribution in [-0.4, -0.2) is 32.1 Å². The minimum absolute atomic E-state index is 0.0440. The lowest BCUT2D eigenvalue weighted by atomic mass is 10.2. The zero-order chi connectivity index (χ0) is 13.2. The first-order chi connectivity index (χ1) is 8.49. The van der Waals surface area contributed by atoms with Crippen LogP contribution in [0.4, 0.5) is 0 Å². The van der Waals surface area contributed by atoms with Crippen molar-refractivity contribution in [3.63, 3.8) is 0 Å². The molecular formula is C13H19NO3S. The van der Waals surface area contributed by atoms with Crippen LogP contribution in [0.3, 0.4) is 0 Å². The monoisotopic (exact) mass is 269 g/mol. The van der Waals surface area contributed by atoms with E-state index in [-0.39, 0.29) is 12.0 Å². The van der Waals surface area contributed by atoms with Gasteiger partial charge < -0.3 is 4.74 Å². The van der Waals surface area contributed by atoms with Gasteiger partial charge in [-0.15, -0.1) is 0 Å². The van der Waals surface area contributed by atoms with Gasteiger partial charge in [0.25, 0.3) is 0 Å². The number of sulfonamides is 1. The lowest BCUT2D eigenvalue weighted by Crippen LogP contribution is -2.45. The second-order valence-electron chi connectivity index (χ2n) is 4.68. The van der Waals surface area contributed by atoms with Gasteiger partial charge >= 0.3 is 0 Å². The van der Waals surface area contributed by atoms with Crippen molar-refractivity contribution in [2.75, 3.05) is 13.2 Å². The number of nitrogens with zero attached hydrogens (tertiary/aromatic N) is 1. The van der Waals surface area contributed by atoms with E-state index in [1.165, 1.54) is 4.31 Å². The van der Waals surface area contributed by atoms with Gasteiger partial charge in [-0.3, -0.25) is 0 Å². The molecule has 0 spiro atoms. The molecule has 2 rings (SSSR count). The van der Waals surface area contributed by atoms with Gasteiger partial charge in [0, 0.05) is 13.2 Å². The molecule has 1 heterocycles. The molecular weight excluding hydrogens is 250 g/mol. The second-order valence-corrected chi connectivity index (χ2v) is 6.60. The summed E-state index contributed by atoms with van der Waals surface area (Å²) in [5.74, 6) is 0.0440. The van der Waals surface area contributed by atoms with Gasteiger partial charge in [-0.2, -0.15) is 4.31 Å². The Morgan fingerprint density at radius 1 is 1.44 bits per heavy atom. The Morgan fingerprint density at radius 2 is 2.22 bits per heavy atom. The molecule has 0 amide bonds. The zero-order valence-corrected chi connectivity index (χ0v) is 11.6. The smallest absolute Gasteiger partial charge is 0.220 e. The van der Waals surface area contributed by atoms with Crippen LogP contribution in [0.15, 0.2) is 24.3 Å². The molecule has 1 aliphatic heterocycles. The Balaban J connectivity index is 2.16. The van der Waals surface area contributed by atoms with E-state index >= 15 is 0 Å². The highest BCUT2D eigenvalue weighted by Gasteiger charge is 2.30. The van der Waals surface area contributed by atoms with Crippen molar-refractivity contribution in [3.8, 4) is 0 Å². The molecule has 0 radical (unpaired) electrons. The summed E-state index contributed by atoms with van der Waals surface area (Å²) < 4.78 is 31.5. The van der Waals surface area contributed by atoms with Crippen LogP contribution >= 0.6 is 0 Å². The predicted molar refractivity (Wildman–Crippen MR) is 70.5 cm³/mol. The van der Waals surface area contributed by atoms with Gasteiger partial charge in [-0.25, -0.2) is 8.42 Å². The Labute approximate surface area is 109 Å². The summed E-state index contributed by atoms with van der Waals surface area (Å²) >= 11 is 0. The van der Waals surface area contributed by atoms with E-state index in [9.17, 15) is 8.42 Å². The number of hydrogen-bond acceptors (Lipinski definition) is 3. The van der Waals surface area contributed by atoms with E-state index < -0.39 is 10.0 Å². The van der Waals surface area contributed by atoms with Crippen molar-refractivity contribution in [1.82, 2.24) is 4.31 Å². The van der Waals surface area contributed by atoms with Crippen LogP contribution in [-0.2, 0) is 20.5 Å². The number of ether oxygens (including phenoxy) is 1. The summed E-state index contributed by atoms with van der Waals surface area (Å²) in [4.78, 5) is 0. The summed E-state index contributed by atoms with van der Waals surface area (Å²) in [5.41, 5.74) is 1.90. The second kappa shape index (κ2) is 5.38. The highest BCUT2D eigenvalue weighted by Crippen LogP contribution is 2.18. The van der Waals surface area contributed by atoms with Crippen molar-refractivity contribution < 1.29 is 13.2 Å². The van der Waals surface area contributed by atoms with E-state index in [1.807, 2.05) is 31.2 Å². The van der Waals surface area contributed by atoms with Crippen LogP contribution in [0.1, 0.15) is 24.5 Å². The van der Waals surface area contributed by atoms with E-state index in [1.54, 1.807) is 6.92 Å². The minimum atomic E-state index is -3.29. The lowest BCUT2D eigenvalue weighted by Gasteiger charge is -2.32. The maximum Gasteiger partial charge on any atom is 0.220 e. The first kappa shape index (κ1) is 13.5. The standard InChI is InChI=1S/C13H19NO3S/c1-11-5-3-6-13(9-11)10-18(15,16)14-7-4-8-17-12(14)2/h3,5-6,9,12H,4,7-8,10H2,1-2H3. The summed E-state index contributed by atoms with van der Waals surface area (Å²) in [6.07, 6.45) is 0.408. The van der Waals surface area contributed by atoms with Crippen molar-refractivity contribution >= 4 is 10.0 Å². The molecule has 0 N–H and O–H groups in total. The fourth-order valence-electron chi connectivity index (χ4n) is 2.20. The maximum atomic E-state index is 12.3. The molecule has 18 heavy (non-hydrogen) atoms. The molecule has 1 fully saturated rings. The third-order valence-corrected chi connectivity index (χ3v) is 4.97. The van der Waals surface area contributed by atoms with Gasteiger partial charge in [-0.1, -0.05) is 29.8 Å². The number of hydrogen-bond donors (Lipinski definition) is 0. The quantitative estimate of drug-likeness (QED) is 0.842. The minimum Gasteiger partial charge on any atom is -0.362 e. The number of rotatable bonds is 3. The molecule has 1 atom stereocenters. The predicted octanol–water partition coefficient (Wildman–Crippen LogP) is 1.89. The fraction of sp³-hybridized carbons (Fsp3) is 0.538. The van der Waals surface area contributed by atoms with Gasteiger partial charge in [0.2, 0.25) is 10.0 Å². The topological polar surface area (TPSA) is 46.6 Å². The molecule has 0 aliphatic carbocycles. The van der Waals surface area contributed by atoms with Gasteiger partial charge in [0.05, 0.1) is 5.75 Å². The van der Waals surface area contributed by atoms with E-state index in [0.717, 1.165) is 17.5 Å². The molecule has 0 bridgehead atoms. The summed E-state index contributed by atoms with van der Waals surface area (Å²) in [5, 5.41) is 0. The van der Waals surface area contributed by atoms with Gasteiger partial charge in [0.15, 0.2) is 0 Å². The molecule has 0 aromatic heterocycles. The van der Waals surface area contributed by atoms with E-state index in [0.29, 0.717) is 13.2 Å². The third kappa shape index (κ3) is 3.10. The summed E-state index contributed by atoms with van der Waals surface area (Å²) in [6.45, 7) is 4.93. The van der Waals surface area contributed by atoms with Crippen LogP contribution < -0.4 is 0 Å². The SMILES string of the molecule is Cc1cccc(CS(=O)(=O)N2CCCOC2C)c1. The molecule has 5 heteroatoms. The molecule has 1 unspecified atom stereocenters. The average molecular weight is 269 g/mol. The number of aryl methyl sites for hydroxylation is 1. The Kier molecular flexibility index (Phi) is 4.04. The van der Waals surface area contributed by atoms with Crippen LogP contribution in [0.5, 0.6) is 0 Å². The third-order valence-electron chi connectivity index (χ3n) is 3.08. The van der Waals surface area contributed by atoms with Crippen LogP contribution in [0.2, 0.25) is 0 Å². The molecule has 4 nitrogen and oxygen atoms in total. The average Bonchev–Trinajstić information content (AvgIpc) is 2.28. The first-order valence-electron chi connectivity index (χ1n) is 6.16. The molecule has 100 valence electrons. The van der Waals surface area contributed by atoms with Crippen molar-refractivity contribution in [1.29, 1.82) is 0 Å². The highest BCUT2D eigenvalue weighted by molar-refractivity contribution is 7.88. The molecule has 0 saturated carbocycles. The zero-order valence-electron chi connectivity index (χ0n) is 10.8. The Bertz CT molecular complexity index is 513. The maximum absolute atomic E-state index is 12.3. The largest absolute Gasteiger partial charge is 0.362 e. The number of benzene rings is 1. The molecule has 1 aromatic carbocycles. The Hall–Kier alpha value is -0.910. The summed E-state index contributed by atoms with van der Waals surface area (Å²) in [6, 6.07) is 7.60. The molecule has 1 aromatic rings. The van der Waals surface area contributed by atoms with Gasteiger partial charge in [0.1, 0.15) is 6.23 Å². The van der Waals surface area contributed by atoms with Crippen LogP contribution in [0, 0.1) is 6.92 Å². The first-order valence-corrected chi connectivity index (χ1v) is 7.76. The van der Waals surface area contributed by atoms with E-state index in [4.69, 9.17) is 4.74 Å². The Morgan fingerprint density at radius 3 is 2.89 bits per heavy atom. The normalized spacial score (nSPS) is 22.0. The van der Waals surface area contributed by atoms with Crippen molar-refractivity contribution in [3.05, 3.63) is 35.4 Å². The summed E-state index contributed by atoms with van der Waals surface area (Å²) in [7, 11) is -3.29. The molecule has 1 saturated heterocycles. The van der Waals surface area contributed by atoms with E-state index in [2.05, 4.69) is 0 Å². The fourth-order valence-corrected chi connectivity index (χ4v) is 3.89. The lowest BCUT2D eigenvalue weighted by molar-refractivity contribution is -0.0411. The van der Waals surface area contributed by atoms with Crippen LogP contribution in [0.25, 0.3) is 0 Å².